The second-order valence-electron chi connectivity index (χ2n) is 3.73. The molecule has 1 aromatic carbocycles. The van der Waals surface area contributed by atoms with E-state index in [4.69, 9.17) is 11.6 Å². The van der Waals surface area contributed by atoms with Crippen molar-refractivity contribution in [1.29, 1.82) is 0 Å². The van der Waals surface area contributed by atoms with Crippen molar-refractivity contribution in [3.8, 4) is 0 Å². The third-order valence-corrected chi connectivity index (χ3v) is 3.07. The topological polar surface area (TPSA) is 85.1 Å². The Balaban J connectivity index is 2.29. The molecule has 1 aromatic heterocycles. The van der Waals surface area contributed by atoms with E-state index in [1.807, 2.05) is 0 Å². The number of pyridine rings is 1. The van der Waals surface area contributed by atoms with Crippen molar-refractivity contribution in [3.63, 3.8) is 0 Å². The van der Waals surface area contributed by atoms with Crippen LogP contribution in [0.3, 0.4) is 0 Å². The van der Waals surface area contributed by atoms with Crippen molar-refractivity contribution in [1.82, 2.24) is 4.98 Å². The van der Waals surface area contributed by atoms with E-state index in [0.717, 1.165) is 10.5 Å². The highest BCUT2D eigenvalue weighted by molar-refractivity contribution is 9.10. The van der Waals surface area contributed by atoms with Gasteiger partial charge < -0.3 is 5.32 Å². The number of carbonyl (C=O) groups excluding carboxylic acids is 1. The Morgan fingerprint density at radius 2 is 2.10 bits per heavy atom. The molecule has 0 aliphatic rings. The number of aromatic nitrogens is 1. The maximum absolute atomic E-state index is 12.0. The molecule has 0 bridgehead atoms. The molecule has 0 saturated heterocycles. The predicted molar refractivity (Wildman–Crippen MR) is 78.0 cm³/mol. The van der Waals surface area contributed by atoms with Crippen LogP contribution >= 0.6 is 27.5 Å². The van der Waals surface area contributed by atoms with Gasteiger partial charge in [-0.25, -0.2) is 4.98 Å². The van der Waals surface area contributed by atoms with Gasteiger partial charge in [0.1, 0.15) is 11.4 Å². The van der Waals surface area contributed by atoms with E-state index in [0.29, 0.717) is 5.82 Å². The van der Waals surface area contributed by atoms with E-state index in [-0.39, 0.29) is 16.3 Å². The van der Waals surface area contributed by atoms with E-state index < -0.39 is 10.8 Å². The van der Waals surface area contributed by atoms with Crippen molar-refractivity contribution in [2.45, 2.75) is 0 Å². The van der Waals surface area contributed by atoms with Crippen LogP contribution in [0.5, 0.6) is 0 Å². The molecule has 0 radical (unpaired) electrons. The summed E-state index contributed by atoms with van der Waals surface area (Å²) in [5.74, 6) is -0.328. The van der Waals surface area contributed by atoms with Gasteiger partial charge in [-0.15, -0.1) is 0 Å². The van der Waals surface area contributed by atoms with Gasteiger partial charge in [0, 0.05) is 21.8 Å². The van der Waals surface area contributed by atoms with E-state index in [2.05, 4.69) is 26.2 Å². The number of hydrogen-bond acceptors (Lipinski definition) is 4. The molecule has 8 heteroatoms. The molecule has 2 aromatic rings. The first kappa shape index (κ1) is 14.4. The second kappa shape index (κ2) is 5.98. The Kier molecular flexibility index (Phi) is 4.31. The summed E-state index contributed by atoms with van der Waals surface area (Å²) in [6.45, 7) is 0. The summed E-state index contributed by atoms with van der Waals surface area (Å²) in [5.41, 5.74) is -0.434. The van der Waals surface area contributed by atoms with Crippen molar-refractivity contribution < 1.29 is 9.72 Å². The van der Waals surface area contributed by atoms with E-state index in [1.54, 1.807) is 12.1 Å². The lowest BCUT2D eigenvalue weighted by molar-refractivity contribution is -0.385. The number of nitro benzene ring substituents is 1. The van der Waals surface area contributed by atoms with Crippen LogP contribution in [0, 0.1) is 10.1 Å². The fourth-order valence-electron chi connectivity index (χ4n) is 1.48. The molecule has 1 amide bonds. The Morgan fingerprint density at radius 1 is 1.35 bits per heavy atom. The molecule has 0 atom stereocenters. The Labute approximate surface area is 127 Å². The molecule has 0 aliphatic carbocycles. The third kappa shape index (κ3) is 3.31. The minimum Gasteiger partial charge on any atom is -0.306 e. The molecule has 2 rings (SSSR count). The maximum atomic E-state index is 12.0. The third-order valence-electron chi connectivity index (χ3n) is 2.37. The summed E-state index contributed by atoms with van der Waals surface area (Å²) in [7, 11) is 0. The molecular weight excluding hydrogens is 350 g/mol. The lowest BCUT2D eigenvalue weighted by atomic mass is 10.1. The zero-order valence-corrected chi connectivity index (χ0v) is 12.2. The summed E-state index contributed by atoms with van der Waals surface area (Å²) in [5, 5.41) is 13.6. The molecule has 0 aliphatic heterocycles. The molecule has 6 nitrogen and oxygen atoms in total. The summed E-state index contributed by atoms with van der Waals surface area (Å²) in [6, 6.07) is 7.11. The normalized spacial score (nSPS) is 10.1. The Morgan fingerprint density at radius 3 is 2.70 bits per heavy atom. The van der Waals surface area contributed by atoms with Crippen LogP contribution in [0.15, 0.2) is 41.0 Å². The van der Waals surface area contributed by atoms with Crippen molar-refractivity contribution in [3.05, 3.63) is 61.7 Å². The quantitative estimate of drug-likeness (QED) is 0.672. The van der Waals surface area contributed by atoms with Gasteiger partial charge in [0.05, 0.1) is 4.92 Å². The number of nitrogens with zero attached hydrogens (tertiary/aromatic N) is 2. The highest BCUT2D eigenvalue weighted by atomic mass is 79.9. The van der Waals surface area contributed by atoms with Gasteiger partial charge in [-0.1, -0.05) is 11.6 Å². The summed E-state index contributed by atoms with van der Waals surface area (Å²) < 4.78 is 0.757. The van der Waals surface area contributed by atoms with Gasteiger partial charge >= 0.3 is 0 Å². The summed E-state index contributed by atoms with van der Waals surface area (Å²) in [6.07, 6.45) is 1.51. The summed E-state index contributed by atoms with van der Waals surface area (Å²) in [4.78, 5) is 26.2. The number of halogens is 2. The van der Waals surface area contributed by atoms with Crippen molar-refractivity contribution >= 4 is 44.9 Å². The van der Waals surface area contributed by atoms with Crippen LogP contribution < -0.4 is 5.32 Å². The Bertz CT molecular complexity index is 676. The smallest absolute Gasteiger partial charge is 0.283 e. The SMILES string of the molecule is O=C(Nc1ccc(Br)cn1)c1ccc(Cl)cc1[N+](=O)[O-]. The number of rotatable bonds is 3. The van der Waals surface area contributed by atoms with Gasteiger partial charge in [0.2, 0.25) is 0 Å². The van der Waals surface area contributed by atoms with E-state index >= 15 is 0 Å². The molecular formula is C12H7BrClN3O3. The largest absolute Gasteiger partial charge is 0.306 e. The first-order chi connectivity index (χ1) is 9.47. The Hall–Kier alpha value is -1.99. The number of hydrogen-bond donors (Lipinski definition) is 1. The van der Waals surface area contributed by atoms with Gasteiger partial charge in [-0.2, -0.15) is 0 Å². The predicted octanol–water partition coefficient (Wildman–Crippen LogP) is 3.66. The molecule has 0 spiro atoms. The first-order valence-electron chi connectivity index (χ1n) is 5.34. The van der Waals surface area contributed by atoms with Crippen LogP contribution in [0.25, 0.3) is 0 Å². The highest BCUT2D eigenvalue weighted by Crippen LogP contribution is 2.24. The summed E-state index contributed by atoms with van der Waals surface area (Å²) >= 11 is 8.91. The number of nitrogens with one attached hydrogen (secondary N) is 1. The highest BCUT2D eigenvalue weighted by Gasteiger charge is 2.20. The minimum absolute atomic E-state index is 0.0795. The fourth-order valence-corrected chi connectivity index (χ4v) is 1.88. The molecule has 1 heterocycles. The number of carbonyl (C=O) groups is 1. The molecule has 0 fully saturated rings. The van der Waals surface area contributed by atoms with Crippen LogP contribution in [-0.4, -0.2) is 15.8 Å². The second-order valence-corrected chi connectivity index (χ2v) is 5.09. The average molecular weight is 357 g/mol. The van der Waals surface area contributed by atoms with Gasteiger partial charge in [0.15, 0.2) is 0 Å². The van der Waals surface area contributed by atoms with E-state index in [9.17, 15) is 14.9 Å². The van der Waals surface area contributed by atoms with Gasteiger partial charge in [-0.3, -0.25) is 14.9 Å². The lowest BCUT2D eigenvalue weighted by Crippen LogP contribution is -2.14. The molecule has 0 unspecified atom stereocenters. The number of nitro groups is 1. The lowest BCUT2D eigenvalue weighted by Gasteiger charge is -2.05. The minimum atomic E-state index is -0.657. The van der Waals surface area contributed by atoms with Crippen LogP contribution in [0.4, 0.5) is 11.5 Å². The first-order valence-corrected chi connectivity index (χ1v) is 6.51. The van der Waals surface area contributed by atoms with Crippen LogP contribution in [0.2, 0.25) is 5.02 Å². The molecule has 102 valence electrons. The van der Waals surface area contributed by atoms with Crippen molar-refractivity contribution in [2.75, 3.05) is 5.32 Å². The number of anilines is 1. The average Bonchev–Trinajstić information content (AvgIpc) is 2.41. The van der Waals surface area contributed by atoms with Gasteiger partial charge in [-0.05, 0) is 40.2 Å². The van der Waals surface area contributed by atoms with Crippen molar-refractivity contribution in [2.24, 2.45) is 0 Å². The van der Waals surface area contributed by atoms with Crippen LogP contribution in [-0.2, 0) is 0 Å². The standard InChI is InChI=1S/C12H7BrClN3O3/c13-7-1-4-11(15-6-7)16-12(18)9-3-2-8(14)5-10(9)17(19)20/h1-6H,(H,15,16,18). The molecule has 20 heavy (non-hydrogen) atoms. The molecule has 1 N–H and O–H groups in total. The maximum Gasteiger partial charge on any atom is 0.283 e. The van der Waals surface area contributed by atoms with Crippen LogP contribution in [0.1, 0.15) is 10.4 Å². The molecule has 0 saturated carbocycles. The number of amides is 1. The fraction of sp³-hybridized carbons (Fsp3) is 0. The zero-order valence-electron chi connectivity index (χ0n) is 9.84. The zero-order chi connectivity index (χ0) is 14.7. The van der Waals surface area contributed by atoms with Gasteiger partial charge in [0.25, 0.3) is 11.6 Å². The monoisotopic (exact) mass is 355 g/mol. The number of benzene rings is 1. The van der Waals surface area contributed by atoms with E-state index in [1.165, 1.54) is 18.3 Å².